The van der Waals surface area contributed by atoms with Crippen LogP contribution in [0.3, 0.4) is 0 Å². The quantitative estimate of drug-likeness (QED) is 0.404. The highest BCUT2D eigenvalue weighted by Gasteiger charge is 2.34. The maximum absolute atomic E-state index is 10.5. The minimum Gasteiger partial charge on any atom is -0.424 e. The summed E-state index contributed by atoms with van der Waals surface area (Å²) < 4.78 is 9.46. The lowest BCUT2D eigenvalue weighted by atomic mass is 10.4. The SMILES string of the molecule is CC(=O)OC1(I)CCCO1. The average molecular weight is 256 g/mol. The van der Waals surface area contributed by atoms with Gasteiger partial charge in [-0.05, 0) is 6.42 Å². The van der Waals surface area contributed by atoms with Crippen molar-refractivity contribution in [2.45, 2.75) is 23.6 Å². The molecule has 0 radical (unpaired) electrons. The van der Waals surface area contributed by atoms with Crippen LogP contribution in [0.4, 0.5) is 0 Å². The number of carbonyl (C=O) groups excluding carboxylic acids is 1. The molecule has 3 nitrogen and oxygen atoms in total. The van der Waals surface area contributed by atoms with Crippen molar-refractivity contribution in [3.8, 4) is 0 Å². The van der Waals surface area contributed by atoms with E-state index in [-0.39, 0.29) is 5.97 Å². The summed E-state index contributed by atoms with van der Waals surface area (Å²) in [5.41, 5.74) is 0. The predicted octanol–water partition coefficient (Wildman–Crippen LogP) is 1.45. The first-order valence-corrected chi connectivity index (χ1v) is 4.23. The molecular formula is C6H9IO3. The van der Waals surface area contributed by atoms with Gasteiger partial charge in [-0.3, -0.25) is 4.79 Å². The van der Waals surface area contributed by atoms with Crippen molar-refractivity contribution in [1.29, 1.82) is 0 Å². The summed E-state index contributed by atoms with van der Waals surface area (Å²) in [7, 11) is 0. The van der Waals surface area contributed by atoms with Gasteiger partial charge in [-0.2, -0.15) is 0 Å². The smallest absolute Gasteiger partial charge is 0.305 e. The van der Waals surface area contributed by atoms with Crippen LogP contribution in [0, 0.1) is 0 Å². The Hall–Kier alpha value is 0.160. The third kappa shape index (κ3) is 2.09. The van der Waals surface area contributed by atoms with Gasteiger partial charge in [-0.15, -0.1) is 0 Å². The Balaban J connectivity index is 2.43. The molecule has 1 aliphatic heterocycles. The van der Waals surface area contributed by atoms with E-state index >= 15 is 0 Å². The van der Waals surface area contributed by atoms with Gasteiger partial charge in [0.15, 0.2) is 0 Å². The van der Waals surface area contributed by atoms with E-state index in [1.807, 2.05) is 22.6 Å². The van der Waals surface area contributed by atoms with Crippen LogP contribution in [-0.2, 0) is 14.3 Å². The Labute approximate surface area is 73.2 Å². The van der Waals surface area contributed by atoms with Crippen LogP contribution < -0.4 is 0 Å². The molecule has 0 saturated carbocycles. The molecule has 0 bridgehead atoms. The zero-order valence-corrected chi connectivity index (χ0v) is 7.88. The Bertz CT molecular complexity index is 140. The molecule has 0 amide bonds. The van der Waals surface area contributed by atoms with Crippen LogP contribution in [0.1, 0.15) is 19.8 Å². The summed E-state index contributed by atoms with van der Waals surface area (Å²) in [6, 6.07) is 0. The zero-order valence-electron chi connectivity index (χ0n) is 5.72. The molecule has 0 aromatic carbocycles. The van der Waals surface area contributed by atoms with E-state index in [2.05, 4.69) is 0 Å². The summed E-state index contributed by atoms with van der Waals surface area (Å²) >= 11 is 2.02. The van der Waals surface area contributed by atoms with Gasteiger partial charge in [0.05, 0.1) is 6.61 Å². The minimum atomic E-state index is -0.663. The van der Waals surface area contributed by atoms with E-state index in [0.717, 1.165) is 12.8 Å². The molecule has 4 heteroatoms. The summed E-state index contributed by atoms with van der Waals surface area (Å²) in [4.78, 5) is 10.5. The number of rotatable bonds is 1. The molecule has 0 spiro atoms. The lowest BCUT2D eigenvalue weighted by Crippen LogP contribution is -2.25. The monoisotopic (exact) mass is 256 g/mol. The maximum Gasteiger partial charge on any atom is 0.305 e. The molecule has 1 saturated heterocycles. The van der Waals surface area contributed by atoms with Crippen LogP contribution in [0.2, 0.25) is 0 Å². The third-order valence-corrected chi connectivity index (χ3v) is 2.30. The summed E-state index contributed by atoms with van der Waals surface area (Å²) in [5, 5.41) is 0. The Morgan fingerprint density at radius 2 is 2.50 bits per heavy atom. The van der Waals surface area contributed by atoms with E-state index in [4.69, 9.17) is 9.47 Å². The van der Waals surface area contributed by atoms with Gasteiger partial charge in [-0.1, -0.05) is 0 Å². The number of carbonyl (C=O) groups is 1. The van der Waals surface area contributed by atoms with Gasteiger partial charge >= 0.3 is 5.97 Å². The molecule has 1 fully saturated rings. The number of hydrogen-bond donors (Lipinski definition) is 0. The standard InChI is InChI=1S/C6H9IO3/c1-5(8)10-6(7)3-2-4-9-6/h2-4H2,1H3. The van der Waals surface area contributed by atoms with E-state index in [1.165, 1.54) is 6.92 Å². The largest absolute Gasteiger partial charge is 0.424 e. The highest BCUT2D eigenvalue weighted by Crippen LogP contribution is 2.33. The van der Waals surface area contributed by atoms with Gasteiger partial charge < -0.3 is 9.47 Å². The topological polar surface area (TPSA) is 35.5 Å². The highest BCUT2D eigenvalue weighted by atomic mass is 127. The van der Waals surface area contributed by atoms with Crippen LogP contribution in [0.25, 0.3) is 0 Å². The minimum absolute atomic E-state index is 0.281. The van der Waals surface area contributed by atoms with Crippen molar-refractivity contribution >= 4 is 28.6 Å². The van der Waals surface area contributed by atoms with Gasteiger partial charge in [0, 0.05) is 35.9 Å². The molecule has 0 aromatic heterocycles. The van der Waals surface area contributed by atoms with Gasteiger partial charge in [0.2, 0.25) is 0 Å². The predicted molar refractivity (Wildman–Crippen MR) is 43.7 cm³/mol. The Kier molecular flexibility index (Phi) is 2.51. The molecule has 1 unspecified atom stereocenters. The molecule has 0 aliphatic carbocycles. The van der Waals surface area contributed by atoms with Crippen LogP contribution in [-0.4, -0.2) is 16.4 Å². The van der Waals surface area contributed by atoms with E-state index < -0.39 is 3.79 Å². The number of alkyl halides is 1. The highest BCUT2D eigenvalue weighted by molar-refractivity contribution is 14.1. The lowest BCUT2D eigenvalue weighted by Gasteiger charge is -2.19. The number of hydrogen-bond acceptors (Lipinski definition) is 3. The first kappa shape index (κ1) is 8.26. The number of halogens is 1. The second-order valence-corrected chi connectivity index (χ2v) is 3.85. The molecule has 0 aromatic rings. The van der Waals surface area contributed by atoms with Crippen molar-refractivity contribution in [2.24, 2.45) is 0 Å². The van der Waals surface area contributed by atoms with E-state index in [0.29, 0.717) is 6.61 Å². The van der Waals surface area contributed by atoms with Gasteiger partial charge in [0.1, 0.15) is 0 Å². The zero-order chi connectivity index (χ0) is 7.61. The summed E-state index contributed by atoms with van der Waals surface area (Å²) in [5.74, 6) is -0.281. The van der Waals surface area contributed by atoms with Gasteiger partial charge in [0.25, 0.3) is 3.79 Å². The van der Waals surface area contributed by atoms with Crippen LogP contribution in [0.15, 0.2) is 0 Å². The fourth-order valence-electron chi connectivity index (χ4n) is 0.875. The third-order valence-electron chi connectivity index (χ3n) is 1.23. The molecule has 0 N–H and O–H groups in total. The fourth-order valence-corrected chi connectivity index (χ4v) is 1.79. The molecular weight excluding hydrogens is 247 g/mol. The fraction of sp³-hybridized carbons (Fsp3) is 0.833. The second-order valence-electron chi connectivity index (χ2n) is 2.21. The molecule has 1 rings (SSSR count). The lowest BCUT2D eigenvalue weighted by molar-refractivity contribution is -0.171. The van der Waals surface area contributed by atoms with Crippen molar-refractivity contribution in [1.82, 2.24) is 0 Å². The van der Waals surface area contributed by atoms with E-state index in [9.17, 15) is 4.79 Å². The first-order valence-electron chi connectivity index (χ1n) is 3.15. The number of ether oxygens (including phenoxy) is 2. The second kappa shape index (κ2) is 3.04. The Morgan fingerprint density at radius 1 is 1.80 bits per heavy atom. The number of esters is 1. The molecule has 58 valence electrons. The van der Waals surface area contributed by atoms with Crippen LogP contribution in [0.5, 0.6) is 0 Å². The van der Waals surface area contributed by atoms with Crippen molar-refractivity contribution in [3.63, 3.8) is 0 Å². The summed E-state index contributed by atoms with van der Waals surface area (Å²) in [6.45, 7) is 2.08. The summed E-state index contributed by atoms with van der Waals surface area (Å²) in [6.07, 6.45) is 1.77. The van der Waals surface area contributed by atoms with E-state index in [1.54, 1.807) is 0 Å². The molecule has 1 heterocycles. The van der Waals surface area contributed by atoms with Gasteiger partial charge in [-0.25, -0.2) is 0 Å². The Morgan fingerprint density at radius 3 is 2.90 bits per heavy atom. The molecule has 1 atom stereocenters. The normalized spacial score (nSPS) is 32.2. The van der Waals surface area contributed by atoms with Crippen molar-refractivity contribution in [2.75, 3.05) is 6.61 Å². The average Bonchev–Trinajstić information content (AvgIpc) is 2.12. The molecule has 10 heavy (non-hydrogen) atoms. The van der Waals surface area contributed by atoms with Crippen molar-refractivity contribution < 1.29 is 14.3 Å². The van der Waals surface area contributed by atoms with Crippen molar-refractivity contribution in [3.05, 3.63) is 0 Å². The first-order chi connectivity index (χ1) is 4.62. The maximum atomic E-state index is 10.5. The van der Waals surface area contributed by atoms with Crippen LogP contribution >= 0.6 is 22.6 Å². The molecule has 1 aliphatic rings.